The van der Waals surface area contributed by atoms with Crippen LogP contribution in [0.5, 0.6) is 5.75 Å². The fourth-order valence-electron chi connectivity index (χ4n) is 1.99. The van der Waals surface area contributed by atoms with E-state index in [0.717, 1.165) is 16.9 Å². The number of guanidine groups is 1. The van der Waals surface area contributed by atoms with Gasteiger partial charge in [0.1, 0.15) is 11.9 Å². The van der Waals surface area contributed by atoms with Gasteiger partial charge in [0.15, 0.2) is 5.96 Å². The molecular formula is C14H19N3O. The highest BCUT2D eigenvalue weighted by Crippen LogP contribution is 2.35. The van der Waals surface area contributed by atoms with Gasteiger partial charge in [-0.1, -0.05) is 30.4 Å². The molecule has 0 aliphatic carbocycles. The van der Waals surface area contributed by atoms with E-state index >= 15 is 0 Å². The second-order valence-electron chi connectivity index (χ2n) is 4.64. The van der Waals surface area contributed by atoms with Crippen molar-refractivity contribution in [2.75, 3.05) is 6.54 Å². The predicted octanol–water partition coefficient (Wildman–Crippen LogP) is 1.99. The number of nitrogens with zero attached hydrogens (tertiary/aromatic N) is 1. The lowest BCUT2D eigenvalue weighted by atomic mass is 10.1. The molecule has 2 unspecified atom stereocenters. The van der Waals surface area contributed by atoms with E-state index in [4.69, 9.17) is 10.5 Å². The second-order valence-corrected chi connectivity index (χ2v) is 4.64. The number of para-hydroxylation sites is 1. The average molecular weight is 245 g/mol. The minimum absolute atomic E-state index is 0.0426. The van der Waals surface area contributed by atoms with Gasteiger partial charge < -0.3 is 15.8 Å². The molecule has 1 aromatic rings. The van der Waals surface area contributed by atoms with Crippen LogP contribution in [-0.4, -0.2) is 18.6 Å². The summed E-state index contributed by atoms with van der Waals surface area (Å²) in [5, 5.41) is 3.20. The number of ether oxygens (including phenoxy) is 1. The highest BCUT2D eigenvalue weighted by Gasteiger charge is 2.30. The Balaban J connectivity index is 2.10. The van der Waals surface area contributed by atoms with Gasteiger partial charge in [-0.05, 0) is 19.9 Å². The van der Waals surface area contributed by atoms with Crippen molar-refractivity contribution in [3.8, 4) is 5.75 Å². The van der Waals surface area contributed by atoms with Crippen molar-refractivity contribution < 1.29 is 4.74 Å². The molecule has 96 valence electrons. The van der Waals surface area contributed by atoms with Crippen LogP contribution in [0.4, 0.5) is 0 Å². The van der Waals surface area contributed by atoms with E-state index in [1.165, 1.54) is 0 Å². The lowest BCUT2D eigenvalue weighted by Gasteiger charge is -2.17. The number of hydrogen-bond donors (Lipinski definition) is 2. The summed E-state index contributed by atoms with van der Waals surface area (Å²) in [4.78, 5) is 4.22. The zero-order valence-electron chi connectivity index (χ0n) is 10.8. The summed E-state index contributed by atoms with van der Waals surface area (Å²) in [6.07, 6.45) is 0.0426. The Morgan fingerprint density at radius 2 is 2.22 bits per heavy atom. The summed E-state index contributed by atoms with van der Waals surface area (Å²) >= 11 is 0. The van der Waals surface area contributed by atoms with Gasteiger partial charge in [0.25, 0.3) is 0 Å². The van der Waals surface area contributed by atoms with E-state index in [-0.39, 0.29) is 12.1 Å². The largest absolute Gasteiger partial charge is 0.488 e. The van der Waals surface area contributed by atoms with Crippen molar-refractivity contribution in [1.29, 1.82) is 0 Å². The predicted molar refractivity (Wildman–Crippen MR) is 73.7 cm³/mol. The molecule has 18 heavy (non-hydrogen) atoms. The van der Waals surface area contributed by atoms with Gasteiger partial charge in [0.2, 0.25) is 0 Å². The maximum Gasteiger partial charge on any atom is 0.189 e. The van der Waals surface area contributed by atoms with Crippen molar-refractivity contribution in [3.63, 3.8) is 0 Å². The van der Waals surface area contributed by atoms with Crippen molar-refractivity contribution in [1.82, 2.24) is 5.32 Å². The smallest absolute Gasteiger partial charge is 0.189 e. The van der Waals surface area contributed by atoms with Gasteiger partial charge in [0.05, 0.1) is 12.6 Å². The Hall–Kier alpha value is -1.97. The third-order valence-electron chi connectivity index (χ3n) is 2.86. The minimum Gasteiger partial charge on any atom is -0.488 e. The fraction of sp³-hybridized carbons (Fsp3) is 0.357. The molecule has 0 saturated heterocycles. The van der Waals surface area contributed by atoms with Gasteiger partial charge in [-0.3, -0.25) is 0 Å². The Bertz CT molecular complexity index is 482. The Morgan fingerprint density at radius 3 is 2.94 bits per heavy atom. The molecule has 1 aliphatic heterocycles. The SMILES string of the molecule is C=C(C)CN=C(N)NC1c2ccccc2OC1C. The lowest BCUT2D eigenvalue weighted by Crippen LogP contribution is -2.38. The van der Waals surface area contributed by atoms with Gasteiger partial charge >= 0.3 is 0 Å². The molecule has 0 saturated carbocycles. The number of benzene rings is 1. The molecule has 0 spiro atoms. The normalized spacial score (nSPS) is 22.2. The highest BCUT2D eigenvalue weighted by atomic mass is 16.5. The van der Waals surface area contributed by atoms with Crippen LogP contribution in [0.25, 0.3) is 0 Å². The molecule has 3 N–H and O–H groups in total. The van der Waals surface area contributed by atoms with Crippen LogP contribution in [-0.2, 0) is 0 Å². The van der Waals surface area contributed by atoms with Crippen LogP contribution in [0, 0.1) is 0 Å². The standard InChI is InChI=1S/C14H19N3O/c1-9(2)8-16-14(15)17-13-10(3)18-12-7-5-4-6-11(12)13/h4-7,10,13H,1,8H2,2-3H3,(H3,15,16,17). The fourth-order valence-corrected chi connectivity index (χ4v) is 1.99. The first-order valence-electron chi connectivity index (χ1n) is 6.04. The first-order chi connectivity index (χ1) is 8.58. The topological polar surface area (TPSA) is 59.6 Å². The molecular weight excluding hydrogens is 226 g/mol. The maximum absolute atomic E-state index is 5.86. The van der Waals surface area contributed by atoms with Crippen LogP contribution in [0.2, 0.25) is 0 Å². The van der Waals surface area contributed by atoms with Gasteiger partial charge in [-0.25, -0.2) is 4.99 Å². The van der Waals surface area contributed by atoms with E-state index in [9.17, 15) is 0 Å². The van der Waals surface area contributed by atoms with E-state index in [0.29, 0.717) is 12.5 Å². The molecule has 1 aromatic carbocycles. The summed E-state index contributed by atoms with van der Waals surface area (Å²) in [6, 6.07) is 8.02. The van der Waals surface area contributed by atoms with E-state index < -0.39 is 0 Å². The summed E-state index contributed by atoms with van der Waals surface area (Å²) in [6.45, 7) is 8.28. The van der Waals surface area contributed by atoms with Crippen LogP contribution < -0.4 is 15.8 Å². The van der Waals surface area contributed by atoms with Crippen molar-refractivity contribution >= 4 is 5.96 Å². The Morgan fingerprint density at radius 1 is 1.50 bits per heavy atom. The molecule has 0 fully saturated rings. The number of hydrogen-bond acceptors (Lipinski definition) is 2. The highest BCUT2D eigenvalue weighted by molar-refractivity contribution is 5.78. The molecule has 2 rings (SSSR count). The molecule has 1 heterocycles. The number of fused-ring (bicyclic) bond motifs is 1. The molecule has 0 aromatic heterocycles. The lowest BCUT2D eigenvalue weighted by molar-refractivity contribution is 0.219. The average Bonchev–Trinajstić information content (AvgIpc) is 2.64. The molecule has 4 nitrogen and oxygen atoms in total. The zero-order valence-corrected chi connectivity index (χ0v) is 10.8. The summed E-state index contributed by atoms with van der Waals surface area (Å²) < 4.78 is 5.76. The Labute approximate surface area is 108 Å². The molecule has 2 atom stereocenters. The van der Waals surface area contributed by atoms with E-state index in [2.05, 4.69) is 16.9 Å². The molecule has 0 bridgehead atoms. The number of nitrogens with two attached hydrogens (primary N) is 1. The van der Waals surface area contributed by atoms with Crippen molar-refractivity contribution in [2.45, 2.75) is 26.0 Å². The van der Waals surface area contributed by atoms with E-state index in [1.807, 2.05) is 38.1 Å². The number of aliphatic imine (C=N–C) groups is 1. The van der Waals surface area contributed by atoms with Gasteiger partial charge in [-0.2, -0.15) is 0 Å². The van der Waals surface area contributed by atoms with Crippen LogP contribution in [0.3, 0.4) is 0 Å². The third-order valence-corrected chi connectivity index (χ3v) is 2.86. The molecule has 0 amide bonds. The zero-order chi connectivity index (χ0) is 13.1. The molecule has 0 radical (unpaired) electrons. The number of nitrogens with one attached hydrogen (secondary N) is 1. The first-order valence-corrected chi connectivity index (χ1v) is 6.04. The van der Waals surface area contributed by atoms with Crippen LogP contribution in [0.1, 0.15) is 25.5 Å². The summed E-state index contributed by atoms with van der Waals surface area (Å²) in [5.41, 5.74) is 7.97. The monoisotopic (exact) mass is 245 g/mol. The summed E-state index contributed by atoms with van der Waals surface area (Å²) in [5.74, 6) is 1.34. The third kappa shape index (κ3) is 2.64. The van der Waals surface area contributed by atoms with Gasteiger partial charge in [0, 0.05) is 5.56 Å². The molecule has 1 aliphatic rings. The minimum atomic E-state index is 0.0426. The Kier molecular flexibility index (Phi) is 3.55. The van der Waals surface area contributed by atoms with Gasteiger partial charge in [-0.15, -0.1) is 0 Å². The summed E-state index contributed by atoms with van der Waals surface area (Å²) in [7, 11) is 0. The maximum atomic E-state index is 5.86. The quantitative estimate of drug-likeness (QED) is 0.486. The second kappa shape index (κ2) is 5.12. The van der Waals surface area contributed by atoms with Crippen molar-refractivity contribution in [3.05, 3.63) is 42.0 Å². The van der Waals surface area contributed by atoms with Crippen LogP contribution in [0.15, 0.2) is 41.4 Å². The first kappa shape index (κ1) is 12.5. The molecule has 4 heteroatoms. The van der Waals surface area contributed by atoms with Crippen molar-refractivity contribution in [2.24, 2.45) is 10.7 Å². The number of rotatable bonds is 3. The van der Waals surface area contributed by atoms with Crippen LogP contribution >= 0.6 is 0 Å². The van der Waals surface area contributed by atoms with E-state index in [1.54, 1.807) is 0 Å².